The summed E-state index contributed by atoms with van der Waals surface area (Å²) in [6.45, 7) is 2.19. The van der Waals surface area contributed by atoms with Gasteiger partial charge in [0.05, 0.1) is 0 Å². The summed E-state index contributed by atoms with van der Waals surface area (Å²) in [5.74, 6) is 4.12. The van der Waals surface area contributed by atoms with Gasteiger partial charge < -0.3 is 4.84 Å². The maximum Gasteiger partial charge on any atom is 0.349 e. The zero-order valence-electron chi connectivity index (χ0n) is 8.74. The molecule has 0 spiro atoms. The lowest BCUT2D eigenvalue weighted by molar-refractivity contribution is -0.138. The van der Waals surface area contributed by atoms with E-state index in [0.717, 1.165) is 6.42 Å². The van der Waals surface area contributed by atoms with Crippen LogP contribution in [0.15, 0.2) is 24.3 Å². The minimum atomic E-state index is -0.527. The lowest BCUT2D eigenvalue weighted by Gasteiger charge is -1.92. The van der Waals surface area contributed by atoms with E-state index in [1.165, 1.54) is 31.8 Å². The first-order valence-corrected chi connectivity index (χ1v) is 5.05. The van der Waals surface area contributed by atoms with Gasteiger partial charge in [0.2, 0.25) is 0 Å². The number of carbonyl (C=O) groups excluding carboxylic acids is 1. The standard InChI is InChI=1S/C11H19NO2/c1-2-3-4-5-6-7-8-9-10-11(13)14-12/h7-10H,2-6,12H2,1H3/b8-7+,10-9+. The third-order valence-corrected chi connectivity index (χ3v) is 1.82. The second kappa shape index (κ2) is 9.99. The maximum atomic E-state index is 10.5. The highest BCUT2D eigenvalue weighted by Gasteiger charge is 1.87. The van der Waals surface area contributed by atoms with E-state index in [2.05, 4.69) is 17.7 Å². The molecule has 0 atom stereocenters. The number of carbonyl (C=O) groups is 1. The fourth-order valence-corrected chi connectivity index (χ4v) is 1.04. The zero-order chi connectivity index (χ0) is 10.6. The molecule has 3 nitrogen and oxygen atoms in total. The molecule has 0 aromatic carbocycles. The van der Waals surface area contributed by atoms with Gasteiger partial charge in [0.25, 0.3) is 0 Å². The largest absolute Gasteiger partial charge is 0.370 e. The van der Waals surface area contributed by atoms with Crippen molar-refractivity contribution < 1.29 is 9.63 Å². The lowest BCUT2D eigenvalue weighted by Crippen LogP contribution is -2.05. The summed E-state index contributed by atoms with van der Waals surface area (Å²) in [4.78, 5) is 14.5. The third kappa shape index (κ3) is 9.00. The molecule has 14 heavy (non-hydrogen) atoms. The Kier molecular flexibility index (Phi) is 9.22. The molecule has 0 aliphatic rings. The molecule has 0 aromatic heterocycles. The molecule has 0 aromatic rings. The maximum absolute atomic E-state index is 10.5. The summed E-state index contributed by atoms with van der Waals surface area (Å²) in [6.07, 6.45) is 12.9. The minimum Gasteiger partial charge on any atom is -0.370 e. The van der Waals surface area contributed by atoms with Crippen LogP contribution in [0, 0.1) is 0 Å². The normalized spacial score (nSPS) is 11.3. The first kappa shape index (κ1) is 12.9. The monoisotopic (exact) mass is 197 g/mol. The smallest absolute Gasteiger partial charge is 0.349 e. The first-order valence-electron chi connectivity index (χ1n) is 5.05. The van der Waals surface area contributed by atoms with Crippen molar-refractivity contribution in [1.29, 1.82) is 0 Å². The summed E-state index contributed by atoms with van der Waals surface area (Å²) in [6, 6.07) is 0. The summed E-state index contributed by atoms with van der Waals surface area (Å²) < 4.78 is 0. The molecule has 0 rings (SSSR count). The number of unbranched alkanes of at least 4 members (excludes halogenated alkanes) is 4. The van der Waals surface area contributed by atoms with Gasteiger partial charge in [0.1, 0.15) is 0 Å². The van der Waals surface area contributed by atoms with Gasteiger partial charge in [0, 0.05) is 6.08 Å². The van der Waals surface area contributed by atoms with Crippen LogP contribution in [-0.2, 0) is 9.63 Å². The van der Waals surface area contributed by atoms with E-state index in [0.29, 0.717) is 0 Å². The van der Waals surface area contributed by atoms with Crippen LogP contribution >= 0.6 is 0 Å². The van der Waals surface area contributed by atoms with Gasteiger partial charge in [0.15, 0.2) is 0 Å². The predicted octanol–water partition coefficient (Wildman–Crippen LogP) is 2.49. The van der Waals surface area contributed by atoms with Crippen molar-refractivity contribution in [2.24, 2.45) is 5.90 Å². The van der Waals surface area contributed by atoms with Gasteiger partial charge in [-0.3, -0.25) is 0 Å². The molecule has 0 radical (unpaired) electrons. The molecule has 3 heteroatoms. The van der Waals surface area contributed by atoms with E-state index in [9.17, 15) is 4.79 Å². The molecule has 0 aliphatic carbocycles. The van der Waals surface area contributed by atoms with E-state index in [1.807, 2.05) is 12.2 Å². The number of allylic oxidation sites excluding steroid dienone is 3. The van der Waals surface area contributed by atoms with Gasteiger partial charge in [-0.25, -0.2) is 4.79 Å². The van der Waals surface area contributed by atoms with E-state index in [4.69, 9.17) is 0 Å². The Balaban J connectivity index is 3.35. The predicted molar refractivity (Wildman–Crippen MR) is 57.3 cm³/mol. The first-order chi connectivity index (χ1) is 6.81. The lowest BCUT2D eigenvalue weighted by atomic mass is 10.1. The van der Waals surface area contributed by atoms with Crippen molar-refractivity contribution in [2.45, 2.75) is 39.0 Å². The Bertz CT molecular complexity index is 197. The van der Waals surface area contributed by atoms with Gasteiger partial charge in [-0.1, -0.05) is 44.4 Å². The summed E-state index contributed by atoms with van der Waals surface area (Å²) in [5, 5.41) is 0. The van der Waals surface area contributed by atoms with Crippen LogP contribution in [0.3, 0.4) is 0 Å². The van der Waals surface area contributed by atoms with E-state index in [-0.39, 0.29) is 0 Å². The molecular formula is C11H19NO2. The number of hydrogen-bond donors (Lipinski definition) is 1. The van der Waals surface area contributed by atoms with E-state index < -0.39 is 5.97 Å². The Labute approximate surface area is 85.6 Å². The molecule has 0 saturated heterocycles. The van der Waals surface area contributed by atoms with Crippen LogP contribution in [0.2, 0.25) is 0 Å². The Morgan fingerprint density at radius 1 is 1.29 bits per heavy atom. The summed E-state index contributed by atoms with van der Waals surface area (Å²) >= 11 is 0. The van der Waals surface area contributed by atoms with Gasteiger partial charge in [-0.2, -0.15) is 5.90 Å². The molecule has 0 amide bonds. The molecule has 0 heterocycles. The molecule has 0 aliphatic heterocycles. The summed E-state index contributed by atoms with van der Waals surface area (Å²) in [7, 11) is 0. The van der Waals surface area contributed by atoms with Crippen molar-refractivity contribution in [3.05, 3.63) is 24.3 Å². The van der Waals surface area contributed by atoms with Crippen molar-refractivity contribution in [3.63, 3.8) is 0 Å². The van der Waals surface area contributed by atoms with Crippen LogP contribution in [0.5, 0.6) is 0 Å². The van der Waals surface area contributed by atoms with Crippen LogP contribution in [-0.4, -0.2) is 5.97 Å². The van der Waals surface area contributed by atoms with Crippen molar-refractivity contribution in [3.8, 4) is 0 Å². The highest BCUT2D eigenvalue weighted by molar-refractivity contribution is 5.81. The number of rotatable bonds is 7. The van der Waals surface area contributed by atoms with Crippen molar-refractivity contribution in [1.82, 2.24) is 0 Å². The molecule has 0 bridgehead atoms. The minimum absolute atomic E-state index is 0.527. The second-order valence-corrected chi connectivity index (χ2v) is 3.07. The Hall–Kier alpha value is -1.09. The van der Waals surface area contributed by atoms with Crippen molar-refractivity contribution in [2.75, 3.05) is 0 Å². The van der Waals surface area contributed by atoms with Crippen LogP contribution in [0.25, 0.3) is 0 Å². The average molecular weight is 197 g/mol. The van der Waals surface area contributed by atoms with Crippen LogP contribution < -0.4 is 5.90 Å². The molecule has 80 valence electrons. The topological polar surface area (TPSA) is 52.3 Å². The Morgan fingerprint density at radius 3 is 2.71 bits per heavy atom. The van der Waals surface area contributed by atoms with Crippen molar-refractivity contribution >= 4 is 5.97 Å². The van der Waals surface area contributed by atoms with Crippen LogP contribution in [0.1, 0.15) is 39.0 Å². The molecule has 2 N–H and O–H groups in total. The van der Waals surface area contributed by atoms with E-state index >= 15 is 0 Å². The highest BCUT2D eigenvalue weighted by atomic mass is 16.7. The molecule has 0 fully saturated rings. The van der Waals surface area contributed by atoms with Crippen LogP contribution in [0.4, 0.5) is 0 Å². The highest BCUT2D eigenvalue weighted by Crippen LogP contribution is 2.02. The van der Waals surface area contributed by atoms with Gasteiger partial charge >= 0.3 is 5.97 Å². The fourth-order valence-electron chi connectivity index (χ4n) is 1.04. The SMILES string of the molecule is CCCCCC/C=C/C=C/C(=O)ON. The Morgan fingerprint density at radius 2 is 2.07 bits per heavy atom. The third-order valence-electron chi connectivity index (χ3n) is 1.82. The van der Waals surface area contributed by atoms with E-state index in [1.54, 1.807) is 6.08 Å². The molecular weight excluding hydrogens is 178 g/mol. The number of nitrogens with two attached hydrogens (primary N) is 1. The average Bonchev–Trinajstić information content (AvgIpc) is 2.21. The molecule has 0 saturated carbocycles. The summed E-state index contributed by atoms with van der Waals surface area (Å²) in [5.41, 5.74) is 0. The fraction of sp³-hybridized carbons (Fsp3) is 0.545. The zero-order valence-corrected chi connectivity index (χ0v) is 8.74. The van der Waals surface area contributed by atoms with Gasteiger partial charge in [-0.15, -0.1) is 0 Å². The molecule has 0 unspecified atom stereocenters. The quantitative estimate of drug-likeness (QED) is 0.295. The van der Waals surface area contributed by atoms with Gasteiger partial charge in [-0.05, 0) is 12.8 Å². The number of hydrogen-bond acceptors (Lipinski definition) is 3. The second-order valence-electron chi connectivity index (χ2n) is 3.07.